The van der Waals surface area contributed by atoms with Gasteiger partial charge in [0.25, 0.3) is 0 Å². The van der Waals surface area contributed by atoms with Crippen LogP contribution >= 0.6 is 0 Å². The van der Waals surface area contributed by atoms with Gasteiger partial charge in [-0.15, -0.1) is 0 Å². The molecule has 1 fully saturated rings. The second-order valence-electron chi connectivity index (χ2n) is 6.40. The van der Waals surface area contributed by atoms with Crippen LogP contribution < -0.4 is 5.32 Å². The van der Waals surface area contributed by atoms with E-state index in [2.05, 4.69) is 48.5 Å². The van der Waals surface area contributed by atoms with Crippen LogP contribution in [0.15, 0.2) is 36.7 Å². The van der Waals surface area contributed by atoms with Crippen molar-refractivity contribution in [2.24, 2.45) is 11.8 Å². The van der Waals surface area contributed by atoms with Crippen LogP contribution in [-0.4, -0.2) is 12.0 Å². The smallest absolute Gasteiger partial charge is 0.0352 e. The molecule has 0 radical (unpaired) electrons. The molecule has 0 amide bonds. The van der Waals surface area contributed by atoms with Gasteiger partial charge in [-0.05, 0) is 48.7 Å². The first-order valence-corrected chi connectivity index (χ1v) is 8.33. The van der Waals surface area contributed by atoms with E-state index >= 15 is 0 Å². The van der Waals surface area contributed by atoms with Crippen molar-refractivity contribution >= 4 is 10.8 Å². The molecular weight excluding hydrogens is 256 g/mol. The van der Waals surface area contributed by atoms with Gasteiger partial charge in [-0.3, -0.25) is 4.98 Å². The molecule has 3 rings (SSSR count). The minimum absolute atomic E-state index is 0.467. The Morgan fingerprint density at radius 2 is 2.00 bits per heavy atom. The van der Waals surface area contributed by atoms with E-state index in [4.69, 9.17) is 0 Å². The van der Waals surface area contributed by atoms with Gasteiger partial charge in [0.05, 0.1) is 0 Å². The van der Waals surface area contributed by atoms with Crippen LogP contribution in [0, 0.1) is 11.8 Å². The molecule has 1 aliphatic rings. The van der Waals surface area contributed by atoms with Gasteiger partial charge >= 0.3 is 0 Å². The Kier molecular flexibility index (Phi) is 4.54. The molecule has 112 valence electrons. The fourth-order valence-electron chi connectivity index (χ4n) is 3.99. The quantitative estimate of drug-likeness (QED) is 0.878. The standard InChI is InChI=1S/C19H26N2/c1-3-14-7-9-15(10-8-14)19(20-2)18-6-4-5-16-13-21-12-11-17(16)18/h4-6,11-15,19-20H,3,7-10H2,1-2H3. The molecule has 0 spiro atoms. The molecule has 1 aromatic carbocycles. The van der Waals surface area contributed by atoms with Crippen LogP contribution in [-0.2, 0) is 0 Å². The van der Waals surface area contributed by atoms with Crippen molar-refractivity contribution in [2.45, 2.75) is 45.1 Å². The summed E-state index contributed by atoms with van der Waals surface area (Å²) in [6.07, 6.45) is 10.7. The number of benzene rings is 1. The monoisotopic (exact) mass is 282 g/mol. The molecule has 1 saturated carbocycles. The molecule has 1 heterocycles. The van der Waals surface area contributed by atoms with Gasteiger partial charge in [-0.2, -0.15) is 0 Å². The minimum atomic E-state index is 0.467. The first-order valence-electron chi connectivity index (χ1n) is 8.33. The molecular formula is C19H26N2. The molecule has 2 aromatic rings. The van der Waals surface area contributed by atoms with Gasteiger partial charge in [0.2, 0.25) is 0 Å². The molecule has 2 nitrogen and oxygen atoms in total. The number of hydrogen-bond acceptors (Lipinski definition) is 2. The van der Waals surface area contributed by atoms with E-state index < -0.39 is 0 Å². The molecule has 0 aliphatic heterocycles. The Morgan fingerprint density at radius 3 is 2.71 bits per heavy atom. The van der Waals surface area contributed by atoms with E-state index in [0.717, 1.165) is 11.8 Å². The van der Waals surface area contributed by atoms with Gasteiger partial charge in [0, 0.05) is 23.8 Å². The molecule has 0 saturated heterocycles. The van der Waals surface area contributed by atoms with Crippen molar-refractivity contribution in [3.05, 3.63) is 42.2 Å². The van der Waals surface area contributed by atoms with Gasteiger partial charge in [0.15, 0.2) is 0 Å². The Morgan fingerprint density at radius 1 is 1.19 bits per heavy atom. The van der Waals surface area contributed by atoms with Gasteiger partial charge < -0.3 is 5.32 Å². The molecule has 1 unspecified atom stereocenters. The molecule has 1 atom stereocenters. The highest BCUT2D eigenvalue weighted by molar-refractivity contribution is 5.85. The number of pyridine rings is 1. The Balaban J connectivity index is 1.88. The van der Waals surface area contributed by atoms with Crippen molar-refractivity contribution < 1.29 is 0 Å². The molecule has 2 heteroatoms. The fourth-order valence-corrected chi connectivity index (χ4v) is 3.99. The number of hydrogen-bond donors (Lipinski definition) is 1. The average Bonchev–Trinajstić information content (AvgIpc) is 2.56. The van der Waals surface area contributed by atoms with E-state index in [-0.39, 0.29) is 0 Å². The normalized spacial score (nSPS) is 24.1. The highest BCUT2D eigenvalue weighted by Gasteiger charge is 2.27. The number of nitrogens with one attached hydrogen (secondary N) is 1. The summed E-state index contributed by atoms with van der Waals surface area (Å²) >= 11 is 0. The van der Waals surface area contributed by atoms with Gasteiger partial charge in [0.1, 0.15) is 0 Å². The Bertz CT molecular complexity index is 580. The van der Waals surface area contributed by atoms with Crippen molar-refractivity contribution in [1.29, 1.82) is 0 Å². The van der Waals surface area contributed by atoms with Crippen LogP contribution in [0.2, 0.25) is 0 Å². The topological polar surface area (TPSA) is 24.9 Å². The largest absolute Gasteiger partial charge is 0.313 e. The van der Waals surface area contributed by atoms with E-state index in [1.165, 1.54) is 48.4 Å². The number of fused-ring (bicyclic) bond motifs is 1. The summed E-state index contributed by atoms with van der Waals surface area (Å²) in [6, 6.07) is 9.24. The third-order valence-electron chi connectivity index (χ3n) is 5.30. The average molecular weight is 282 g/mol. The lowest BCUT2D eigenvalue weighted by Crippen LogP contribution is -2.28. The third kappa shape index (κ3) is 2.96. The van der Waals surface area contributed by atoms with Crippen molar-refractivity contribution in [3.63, 3.8) is 0 Å². The van der Waals surface area contributed by atoms with E-state index in [9.17, 15) is 0 Å². The maximum atomic E-state index is 4.25. The van der Waals surface area contributed by atoms with E-state index in [1.807, 2.05) is 12.4 Å². The summed E-state index contributed by atoms with van der Waals surface area (Å²) in [6.45, 7) is 2.33. The lowest BCUT2D eigenvalue weighted by Gasteiger charge is -2.34. The summed E-state index contributed by atoms with van der Waals surface area (Å²) in [5, 5.41) is 6.19. The Hall–Kier alpha value is -1.41. The third-order valence-corrected chi connectivity index (χ3v) is 5.30. The fraction of sp³-hybridized carbons (Fsp3) is 0.526. The van der Waals surface area contributed by atoms with Crippen LogP contribution in [0.4, 0.5) is 0 Å². The highest BCUT2D eigenvalue weighted by atomic mass is 14.9. The van der Waals surface area contributed by atoms with Crippen LogP contribution in [0.1, 0.15) is 50.6 Å². The summed E-state index contributed by atoms with van der Waals surface area (Å²) in [5.74, 6) is 1.71. The summed E-state index contributed by atoms with van der Waals surface area (Å²) in [5.41, 5.74) is 1.44. The predicted molar refractivity (Wildman–Crippen MR) is 89.3 cm³/mol. The highest BCUT2D eigenvalue weighted by Crippen LogP contribution is 2.39. The molecule has 1 aliphatic carbocycles. The summed E-state index contributed by atoms with van der Waals surface area (Å²) in [7, 11) is 2.11. The summed E-state index contributed by atoms with van der Waals surface area (Å²) in [4.78, 5) is 4.25. The van der Waals surface area contributed by atoms with Crippen LogP contribution in [0.5, 0.6) is 0 Å². The number of nitrogens with zero attached hydrogens (tertiary/aromatic N) is 1. The second-order valence-corrected chi connectivity index (χ2v) is 6.40. The maximum absolute atomic E-state index is 4.25. The molecule has 0 bridgehead atoms. The summed E-state index contributed by atoms with van der Waals surface area (Å²) < 4.78 is 0. The lowest BCUT2D eigenvalue weighted by molar-refractivity contribution is 0.225. The van der Waals surface area contributed by atoms with Crippen molar-refractivity contribution in [3.8, 4) is 0 Å². The first-order chi connectivity index (χ1) is 10.3. The zero-order valence-corrected chi connectivity index (χ0v) is 13.2. The molecule has 21 heavy (non-hydrogen) atoms. The minimum Gasteiger partial charge on any atom is -0.313 e. The van der Waals surface area contributed by atoms with E-state index in [0.29, 0.717) is 6.04 Å². The number of rotatable bonds is 4. The van der Waals surface area contributed by atoms with Crippen molar-refractivity contribution in [2.75, 3.05) is 7.05 Å². The van der Waals surface area contributed by atoms with Gasteiger partial charge in [-0.1, -0.05) is 44.4 Å². The first kappa shape index (κ1) is 14.5. The molecule has 1 N–H and O–H groups in total. The van der Waals surface area contributed by atoms with Crippen LogP contribution in [0.25, 0.3) is 10.8 Å². The molecule has 1 aromatic heterocycles. The zero-order chi connectivity index (χ0) is 14.7. The van der Waals surface area contributed by atoms with Crippen LogP contribution in [0.3, 0.4) is 0 Å². The predicted octanol–water partition coefficient (Wildman–Crippen LogP) is 4.71. The maximum Gasteiger partial charge on any atom is 0.0352 e. The van der Waals surface area contributed by atoms with Gasteiger partial charge in [-0.25, -0.2) is 0 Å². The van der Waals surface area contributed by atoms with E-state index in [1.54, 1.807) is 0 Å². The number of aromatic nitrogens is 1. The lowest BCUT2D eigenvalue weighted by atomic mass is 9.75. The van der Waals surface area contributed by atoms with Crippen molar-refractivity contribution in [1.82, 2.24) is 10.3 Å². The second kappa shape index (κ2) is 6.57. The SMILES string of the molecule is CCC1CCC(C(NC)c2cccc3cnccc23)CC1. The zero-order valence-electron chi connectivity index (χ0n) is 13.2. The Labute approximate surface area is 128 Å².